The molecule has 1 aliphatic heterocycles. The van der Waals surface area contributed by atoms with Crippen molar-refractivity contribution in [1.29, 1.82) is 0 Å². The van der Waals surface area contributed by atoms with E-state index >= 15 is 0 Å². The van der Waals surface area contributed by atoms with Crippen LogP contribution in [0.3, 0.4) is 0 Å². The van der Waals surface area contributed by atoms with Gasteiger partial charge < -0.3 is 10.6 Å². The van der Waals surface area contributed by atoms with Gasteiger partial charge in [0.15, 0.2) is 0 Å². The van der Waals surface area contributed by atoms with Crippen LogP contribution in [0.4, 0.5) is 10.1 Å². The second-order valence-corrected chi connectivity index (χ2v) is 6.07. The van der Waals surface area contributed by atoms with E-state index in [9.17, 15) is 4.39 Å². The van der Waals surface area contributed by atoms with Gasteiger partial charge in [-0.2, -0.15) is 0 Å². The van der Waals surface area contributed by atoms with Gasteiger partial charge in [0.2, 0.25) is 0 Å². The summed E-state index contributed by atoms with van der Waals surface area (Å²) in [7, 11) is 0. The van der Waals surface area contributed by atoms with Crippen molar-refractivity contribution in [2.24, 2.45) is 17.6 Å². The average Bonchev–Trinajstić information content (AvgIpc) is 2.33. The standard InChI is InChI=1S/C16H25FN2/c1-11-6-12(2)13(3)19(10-11)16-8-14(4-5-18)7-15(17)9-16/h7-9,11-13H,4-6,10,18H2,1-3H3. The van der Waals surface area contributed by atoms with Crippen molar-refractivity contribution < 1.29 is 4.39 Å². The highest BCUT2D eigenvalue weighted by atomic mass is 19.1. The van der Waals surface area contributed by atoms with Gasteiger partial charge in [-0.3, -0.25) is 0 Å². The Morgan fingerprint density at radius 1 is 1.26 bits per heavy atom. The minimum atomic E-state index is -0.154. The van der Waals surface area contributed by atoms with Gasteiger partial charge in [0, 0.05) is 18.3 Å². The Hall–Kier alpha value is -1.09. The minimum Gasteiger partial charge on any atom is -0.368 e. The van der Waals surface area contributed by atoms with Crippen LogP contribution < -0.4 is 10.6 Å². The second-order valence-electron chi connectivity index (χ2n) is 6.07. The lowest BCUT2D eigenvalue weighted by Gasteiger charge is -2.42. The molecule has 0 aromatic heterocycles. The number of hydrogen-bond acceptors (Lipinski definition) is 2. The van der Waals surface area contributed by atoms with E-state index in [0.29, 0.717) is 24.4 Å². The molecule has 1 aromatic carbocycles. The number of piperidine rings is 1. The maximum Gasteiger partial charge on any atom is 0.125 e. The molecule has 0 radical (unpaired) electrons. The average molecular weight is 264 g/mol. The first-order valence-electron chi connectivity index (χ1n) is 7.27. The van der Waals surface area contributed by atoms with Crippen LogP contribution in [0.25, 0.3) is 0 Å². The summed E-state index contributed by atoms with van der Waals surface area (Å²) in [6.07, 6.45) is 1.99. The Balaban J connectivity index is 2.28. The van der Waals surface area contributed by atoms with E-state index in [2.05, 4.69) is 31.7 Å². The van der Waals surface area contributed by atoms with Crippen molar-refractivity contribution in [3.8, 4) is 0 Å². The third kappa shape index (κ3) is 3.27. The van der Waals surface area contributed by atoms with Crippen LogP contribution in [-0.4, -0.2) is 19.1 Å². The van der Waals surface area contributed by atoms with Crippen LogP contribution in [0.15, 0.2) is 18.2 Å². The predicted octanol–water partition coefficient (Wildman–Crippen LogP) is 3.20. The molecular weight excluding hydrogens is 239 g/mol. The van der Waals surface area contributed by atoms with E-state index in [0.717, 1.165) is 24.2 Å². The van der Waals surface area contributed by atoms with Crippen LogP contribution in [-0.2, 0) is 6.42 Å². The van der Waals surface area contributed by atoms with E-state index in [1.807, 2.05) is 0 Å². The molecule has 0 saturated carbocycles. The summed E-state index contributed by atoms with van der Waals surface area (Å²) in [4.78, 5) is 2.35. The molecule has 2 nitrogen and oxygen atoms in total. The highest BCUT2D eigenvalue weighted by Gasteiger charge is 2.29. The largest absolute Gasteiger partial charge is 0.368 e. The second kappa shape index (κ2) is 5.91. The summed E-state index contributed by atoms with van der Waals surface area (Å²) in [5.74, 6) is 1.15. The molecular formula is C16H25FN2. The van der Waals surface area contributed by atoms with E-state index in [1.54, 1.807) is 12.1 Å². The lowest BCUT2D eigenvalue weighted by Crippen LogP contribution is -2.45. The molecule has 2 rings (SSSR count). The highest BCUT2D eigenvalue weighted by Crippen LogP contribution is 2.32. The van der Waals surface area contributed by atoms with Crippen LogP contribution in [0, 0.1) is 17.7 Å². The van der Waals surface area contributed by atoms with Gasteiger partial charge in [-0.05, 0) is 61.9 Å². The van der Waals surface area contributed by atoms with Gasteiger partial charge in [0.1, 0.15) is 5.82 Å². The molecule has 3 atom stereocenters. The van der Waals surface area contributed by atoms with E-state index < -0.39 is 0 Å². The first-order valence-corrected chi connectivity index (χ1v) is 7.27. The fourth-order valence-electron chi connectivity index (χ4n) is 3.17. The quantitative estimate of drug-likeness (QED) is 0.908. The SMILES string of the molecule is CC1CC(C)C(C)N(c2cc(F)cc(CCN)c2)C1. The van der Waals surface area contributed by atoms with E-state index in [-0.39, 0.29) is 5.82 Å². The Morgan fingerprint density at radius 3 is 2.68 bits per heavy atom. The Labute approximate surface area is 115 Å². The molecule has 3 unspecified atom stereocenters. The van der Waals surface area contributed by atoms with Crippen molar-refractivity contribution in [1.82, 2.24) is 0 Å². The van der Waals surface area contributed by atoms with Crippen LogP contribution >= 0.6 is 0 Å². The van der Waals surface area contributed by atoms with Crippen molar-refractivity contribution in [3.63, 3.8) is 0 Å². The number of anilines is 1. The van der Waals surface area contributed by atoms with Crippen molar-refractivity contribution >= 4 is 5.69 Å². The Kier molecular flexibility index (Phi) is 4.46. The van der Waals surface area contributed by atoms with Crippen LogP contribution in [0.5, 0.6) is 0 Å². The van der Waals surface area contributed by atoms with Gasteiger partial charge in [0.05, 0.1) is 0 Å². The zero-order valence-electron chi connectivity index (χ0n) is 12.2. The maximum atomic E-state index is 13.8. The van der Waals surface area contributed by atoms with E-state index in [1.165, 1.54) is 6.42 Å². The molecule has 0 spiro atoms. The lowest BCUT2D eigenvalue weighted by atomic mass is 9.85. The number of hydrogen-bond donors (Lipinski definition) is 1. The maximum absolute atomic E-state index is 13.8. The molecule has 106 valence electrons. The van der Waals surface area contributed by atoms with Gasteiger partial charge in [-0.25, -0.2) is 4.39 Å². The number of halogens is 1. The number of rotatable bonds is 3. The van der Waals surface area contributed by atoms with Crippen molar-refractivity contribution in [3.05, 3.63) is 29.6 Å². The fraction of sp³-hybridized carbons (Fsp3) is 0.625. The molecule has 0 aliphatic carbocycles. The minimum absolute atomic E-state index is 0.154. The molecule has 3 heteroatoms. The summed E-state index contributed by atoms with van der Waals surface area (Å²) in [6, 6.07) is 5.81. The number of nitrogens with zero attached hydrogens (tertiary/aromatic N) is 1. The molecule has 1 fully saturated rings. The first kappa shape index (κ1) is 14.3. The van der Waals surface area contributed by atoms with Gasteiger partial charge in [0.25, 0.3) is 0 Å². The van der Waals surface area contributed by atoms with Crippen molar-refractivity contribution in [2.45, 2.75) is 39.7 Å². The monoisotopic (exact) mass is 264 g/mol. The van der Waals surface area contributed by atoms with Crippen molar-refractivity contribution in [2.75, 3.05) is 18.0 Å². The summed E-state index contributed by atoms with van der Waals surface area (Å²) in [6.45, 7) is 8.37. The molecule has 1 saturated heterocycles. The van der Waals surface area contributed by atoms with Gasteiger partial charge >= 0.3 is 0 Å². The van der Waals surface area contributed by atoms with Crippen LogP contribution in [0.1, 0.15) is 32.8 Å². The summed E-state index contributed by atoms with van der Waals surface area (Å²) >= 11 is 0. The fourth-order valence-corrected chi connectivity index (χ4v) is 3.17. The number of benzene rings is 1. The molecule has 19 heavy (non-hydrogen) atoms. The Bertz CT molecular complexity index is 433. The lowest BCUT2D eigenvalue weighted by molar-refractivity contribution is 0.297. The zero-order chi connectivity index (χ0) is 14.0. The number of nitrogens with two attached hydrogens (primary N) is 1. The van der Waals surface area contributed by atoms with Gasteiger partial charge in [-0.1, -0.05) is 13.8 Å². The molecule has 1 aromatic rings. The highest BCUT2D eigenvalue weighted by molar-refractivity contribution is 5.50. The zero-order valence-corrected chi connectivity index (χ0v) is 12.2. The van der Waals surface area contributed by atoms with Gasteiger partial charge in [-0.15, -0.1) is 0 Å². The smallest absolute Gasteiger partial charge is 0.125 e. The van der Waals surface area contributed by atoms with E-state index in [4.69, 9.17) is 5.73 Å². The molecule has 1 aliphatic rings. The molecule has 1 heterocycles. The summed E-state index contributed by atoms with van der Waals surface area (Å²) < 4.78 is 13.8. The molecule has 2 N–H and O–H groups in total. The molecule has 0 amide bonds. The third-order valence-electron chi connectivity index (χ3n) is 4.30. The summed E-state index contributed by atoms with van der Waals surface area (Å²) in [5.41, 5.74) is 7.58. The predicted molar refractivity (Wildman–Crippen MR) is 78.9 cm³/mol. The summed E-state index contributed by atoms with van der Waals surface area (Å²) in [5, 5.41) is 0. The third-order valence-corrected chi connectivity index (χ3v) is 4.30. The first-order chi connectivity index (χ1) is 9.01. The topological polar surface area (TPSA) is 29.3 Å². The normalized spacial score (nSPS) is 27.6. The molecule has 0 bridgehead atoms. The van der Waals surface area contributed by atoms with Crippen LogP contribution in [0.2, 0.25) is 0 Å². The Morgan fingerprint density at radius 2 is 2.00 bits per heavy atom.